The normalized spacial score (nSPS) is 13.1. The fourth-order valence-electron chi connectivity index (χ4n) is 0.634. The summed E-state index contributed by atoms with van der Waals surface area (Å²) in [5.41, 5.74) is 0. The maximum Gasteiger partial charge on any atom is 0.306 e. The van der Waals surface area contributed by atoms with Crippen LogP contribution < -0.4 is 0 Å². The van der Waals surface area contributed by atoms with Crippen molar-refractivity contribution in [1.82, 2.24) is 0 Å². The summed E-state index contributed by atoms with van der Waals surface area (Å²) < 4.78 is 4.66. The van der Waals surface area contributed by atoms with Gasteiger partial charge in [0.2, 0.25) is 0 Å². The van der Waals surface area contributed by atoms with E-state index in [9.17, 15) is 4.79 Å². The number of aliphatic hydroxyl groups excluding tert-OH is 2. The van der Waals surface area contributed by atoms with E-state index in [0.717, 1.165) is 0 Å². The molecular formula is C8H16O4. The number of hydrogen-bond donors (Lipinski definition) is 2. The van der Waals surface area contributed by atoms with Crippen molar-refractivity contribution in [3.63, 3.8) is 0 Å². The molecule has 72 valence electrons. The van der Waals surface area contributed by atoms with Crippen molar-refractivity contribution >= 4 is 5.97 Å². The second-order valence-electron chi connectivity index (χ2n) is 3.12. The van der Waals surface area contributed by atoms with Gasteiger partial charge >= 0.3 is 5.97 Å². The number of esters is 1. The van der Waals surface area contributed by atoms with E-state index >= 15 is 0 Å². The second kappa shape index (κ2) is 5.97. The van der Waals surface area contributed by atoms with E-state index in [-0.39, 0.29) is 25.1 Å². The van der Waals surface area contributed by atoms with Gasteiger partial charge in [-0.2, -0.15) is 0 Å². The SMILES string of the molecule is CC(C)CC(=O)OCC(O)CO. The Morgan fingerprint density at radius 1 is 1.50 bits per heavy atom. The minimum absolute atomic E-state index is 0.123. The maximum absolute atomic E-state index is 10.9. The van der Waals surface area contributed by atoms with Crippen molar-refractivity contribution in [3.8, 4) is 0 Å². The molecule has 0 fully saturated rings. The van der Waals surface area contributed by atoms with Gasteiger partial charge in [0.15, 0.2) is 0 Å². The van der Waals surface area contributed by atoms with E-state index in [1.54, 1.807) is 0 Å². The molecule has 0 aromatic carbocycles. The molecule has 0 bridgehead atoms. The zero-order valence-electron chi connectivity index (χ0n) is 7.49. The van der Waals surface area contributed by atoms with Gasteiger partial charge < -0.3 is 14.9 Å². The molecule has 1 atom stereocenters. The Balaban J connectivity index is 3.44. The molecule has 0 radical (unpaired) electrons. The Bertz CT molecular complexity index is 133. The van der Waals surface area contributed by atoms with Crippen molar-refractivity contribution in [1.29, 1.82) is 0 Å². The first kappa shape index (κ1) is 11.4. The van der Waals surface area contributed by atoms with E-state index < -0.39 is 6.10 Å². The average molecular weight is 176 g/mol. The highest BCUT2D eigenvalue weighted by molar-refractivity contribution is 5.69. The van der Waals surface area contributed by atoms with E-state index in [0.29, 0.717) is 6.42 Å². The minimum Gasteiger partial charge on any atom is -0.463 e. The summed E-state index contributed by atoms with van der Waals surface area (Å²) in [6, 6.07) is 0. The van der Waals surface area contributed by atoms with Gasteiger partial charge in [0.25, 0.3) is 0 Å². The van der Waals surface area contributed by atoms with Gasteiger partial charge in [0.05, 0.1) is 6.61 Å². The summed E-state index contributed by atoms with van der Waals surface area (Å²) in [7, 11) is 0. The predicted molar refractivity (Wildman–Crippen MR) is 43.5 cm³/mol. The highest BCUT2D eigenvalue weighted by Gasteiger charge is 2.08. The maximum atomic E-state index is 10.9. The van der Waals surface area contributed by atoms with Crippen molar-refractivity contribution in [2.45, 2.75) is 26.4 Å². The molecule has 0 saturated carbocycles. The largest absolute Gasteiger partial charge is 0.463 e. The van der Waals surface area contributed by atoms with Crippen LogP contribution in [0.15, 0.2) is 0 Å². The van der Waals surface area contributed by atoms with E-state index in [1.807, 2.05) is 13.8 Å². The number of hydrogen-bond acceptors (Lipinski definition) is 4. The fraction of sp³-hybridized carbons (Fsp3) is 0.875. The molecule has 0 saturated heterocycles. The van der Waals surface area contributed by atoms with Crippen LogP contribution in [0.1, 0.15) is 20.3 Å². The lowest BCUT2D eigenvalue weighted by Gasteiger charge is -2.09. The van der Waals surface area contributed by atoms with Gasteiger partial charge in [-0.3, -0.25) is 4.79 Å². The third-order valence-electron chi connectivity index (χ3n) is 1.22. The molecule has 4 heteroatoms. The van der Waals surface area contributed by atoms with Crippen LogP contribution in [0, 0.1) is 5.92 Å². The Hall–Kier alpha value is -0.610. The van der Waals surface area contributed by atoms with Crippen molar-refractivity contribution in [2.24, 2.45) is 5.92 Å². The van der Waals surface area contributed by atoms with Crippen LogP contribution in [-0.4, -0.2) is 35.5 Å². The number of aliphatic hydroxyl groups is 2. The van der Waals surface area contributed by atoms with Gasteiger partial charge in [0.1, 0.15) is 12.7 Å². The lowest BCUT2D eigenvalue weighted by molar-refractivity contribution is -0.148. The summed E-state index contributed by atoms with van der Waals surface area (Å²) in [6.45, 7) is 3.31. The summed E-state index contributed by atoms with van der Waals surface area (Å²) in [4.78, 5) is 10.9. The topological polar surface area (TPSA) is 66.8 Å². The fourth-order valence-corrected chi connectivity index (χ4v) is 0.634. The molecule has 0 amide bonds. The number of carbonyl (C=O) groups is 1. The molecule has 12 heavy (non-hydrogen) atoms. The molecule has 0 aliphatic heterocycles. The van der Waals surface area contributed by atoms with Gasteiger partial charge in [-0.1, -0.05) is 13.8 Å². The Labute approximate surface area is 72.2 Å². The van der Waals surface area contributed by atoms with Gasteiger partial charge in [-0.05, 0) is 5.92 Å². The molecule has 0 rings (SSSR count). The van der Waals surface area contributed by atoms with Gasteiger partial charge in [-0.15, -0.1) is 0 Å². The van der Waals surface area contributed by atoms with Crippen molar-refractivity contribution in [2.75, 3.05) is 13.2 Å². The second-order valence-corrected chi connectivity index (χ2v) is 3.12. The standard InChI is InChI=1S/C8H16O4/c1-6(2)3-8(11)12-5-7(10)4-9/h6-7,9-10H,3-5H2,1-2H3. The first-order valence-corrected chi connectivity index (χ1v) is 4.00. The third kappa shape index (κ3) is 6.12. The lowest BCUT2D eigenvalue weighted by atomic mass is 10.1. The van der Waals surface area contributed by atoms with Crippen LogP contribution >= 0.6 is 0 Å². The van der Waals surface area contributed by atoms with Crippen LogP contribution in [0.4, 0.5) is 0 Å². The van der Waals surface area contributed by atoms with Gasteiger partial charge in [-0.25, -0.2) is 0 Å². The smallest absolute Gasteiger partial charge is 0.306 e. The van der Waals surface area contributed by atoms with E-state index in [2.05, 4.69) is 4.74 Å². The predicted octanol–water partition coefficient (Wildman–Crippen LogP) is -0.0711. The molecule has 0 aromatic rings. The van der Waals surface area contributed by atoms with Gasteiger partial charge in [0, 0.05) is 6.42 Å². The number of ether oxygens (including phenoxy) is 1. The Morgan fingerprint density at radius 2 is 2.08 bits per heavy atom. The lowest BCUT2D eigenvalue weighted by Crippen LogP contribution is -2.22. The molecule has 0 heterocycles. The average Bonchev–Trinajstić information content (AvgIpc) is 1.99. The first-order valence-electron chi connectivity index (χ1n) is 4.00. The molecule has 1 unspecified atom stereocenters. The van der Waals surface area contributed by atoms with Crippen LogP contribution in [-0.2, 0) is 9.53 Å². The summed E-state index contributed by atoms with van der Waals surface area (Å²) in [5, 5.41) is 17.2. The zero-order valence-corrected chi connectivity index (χ0v) is 7.49. The first-order chi connectivity index (χ1) is 5.56. The highest BCUT2D eigenvalue weighted by atomic mass is 16.5. The highest BCUT2D eigenvalue weighted by Crippen LogP contribution is 2.01. The number of carbonyl (C=O) groups excluding carboxylic acids is 1. The van der Waals surface area contributed by atoms with Crippen LogP contribution in [0.2, 0.25) is 0 Å². The summed E-state index contributed by atoms with van der Waals surface area (Å²) in [6.07, 6.45) is -0.612. The Morgan fingerprint density at radius 3 is 2.50 bits per heavy atom. The summed E-state index contributed by atoms with van der Waals surface area (Å²) >= 11 is 0. The van der Waals surface area contributed by atoms with Crippen LogP contribution in [0.3, 0.4) is 0 Å². The van der Waals surface area contributed by atoms with E-state index in [1.165, 1.54) is 0 Å². The van der Waals surface area contributed by atoms with Crippen molar-refractivity contribution < 1.29 is 19.7 Å². The summed E-state index contributed by atoms with van der Waals surface area (Å²) in [5.74, 6) is -0.0822. The molecule has 0 aliphatic rings. The zero-order chi connectivity index (χ0) is 9.56. The monoisotopic (exact) mass is 176 g/mol. The van der Waals surface area contributed by atoms with Crippen LogP contribution in [0.5, 0.6) is 0 Å². The molecule has 0 spiro atoms. The van der Waals surface area contributed by atoms with Crippen LogP contribution in [0.25, 0.3) is 0 Å². The van der Waals surface area contributed by atoms with E-state index in [4.69, 9.17) is 10.2 Å². The molecule has 4 nitrogen and oxygen atoms in total. The molecule has 0 aromatic heterocycles. The quantitative estimate of drug-likeness (QED) is 0.575. The molecule has 2 N–H and O–H groups in total. The Kier molecular flexibility index (Phi) is 5.66. The van der Waals surface area contributed by atoms with Crippen molar-refractivity contribution in [3.05, 3.63) is 0 Å². The minimum atomic E-state index is -0.957. The third-order valence-corrected chi connectivity index (χ3v) is 1.22. The molecular weight excluding hydrogens is 160 g/mol. The molecule has 0 aliphatic carbocycles. The number of rotatable bonds is 5.